The quantitative estimate of drug-likeness (QED) is 0.106. The zero-order chi connectivity index (χ0) is 28.8. The minimum Gasteiger partial charge on any atom is -0.355 e. The SMILES string of the molecule is C=C1C(CC=CC(=O)c2ccc3c(c2)C(=O)c2ccccc2-3)C1CC(C)C1CCCN(c2nsc3ccccc23)CC1. The van der Waals surface area contributed by atoms with E-state index in [0.717, 1.165) is 47.9 Å². The fourth-order valence-corrected chi connectivity index (χ4v) is 8.07. The van der Waals surface area contributed by atoms with Crippen molar-refractivity contribution in [2.75, 3.05) is 18.0 Å². The number of carbonyl (C=O) groups excluding carboxylic acids is 2. The van der Waals surface area contributed by atoms with Crippen molar-refractivity contribution in [2.24, 2.45) is 23.7 Å². The van der Waals surface area contributed by atoms with Gasteiger partial charge in [-0.15, -0.1) is 0 Å². The Morgan fingerprint density at radius 2 is 1.79 bits per heavy atom. The molecule has 2 fully saturated rings. The highest BCUT2D eigenvalue weighted by atomic mass is 32.1. The lowest BCUT2D eigenvalue weighted by molar-refractivity contribution is 0.104. The highest BCUT2D eigenvalue weighted by Crippen LogP contribution is 2.52. The third-order valence-corrected chi connectivity index (χ3v) is 10.7. The van der Waals surface area contributed by atoms with Crippen LogP contribution in [0.25, 0.3) is 21.2 Å². The van der Waals surface area contributed by atoms with Crippen molar-refractivity contribution >= 4 is 39.0 Å². The number of nitrogens with zero attached hydrogens (tertiary/aromatic N) is 2. The molecule has 4 nitrogen and oxygen atoms in total. The maximum absolute atomic E-state index is 13.0. The molecule has 0 spiro atoms. The van der Waals surface area contributed by atoms with Gasteiger partial charge < -0.3 is 4.90 Å². The number of hydrogen-bond donors (Lipinski definition) is 0. The van der Waals surface area contributed by atoms with Crippen LogP contribution in [0.4, 0.5) is 5.82 Å². The molecule has 3 aromatic carbocycles. The smallest absolute Gasteiger partial charge is 0.194 e. The van der Waals surface area contributed by atoms with E-state index >= 15 is 0 Å². The maximum Gasteiger partial charge on any atom is 0.194 e. The van der Waals surface area contributed by atoms with E-state index in [1.54, 1.807) is 23.7 Å². The van der Waals surface area contributed by atoms with Gasteiger partial charge in [-0.05, 0) is 103 Å². The van der Waals surface area contributed by atoms with Gasteiger partial charge in [0.15, 0.2) is 11.6 Å². The highest BCUT2D eigenvalue weighted by Gasteiger charge is 2.42. The van der Waals surface area contributed by atoms with Gasteiger partial charge in [0.2, 0.25) is 0 Å². The second-order valence-corrected chi connectivity index (χ2v) is 13.1. The van der Waals surface area contributed by atoms with E-state index in [4.69, 9.17) is 4.37 Å². The number of ketones is 2. The number of hydrogen-bond acceptors (Lipinski definition) is 5. The van der Waals surface area contributed by atoms with Crippen LogP contribution in [0, 0.1) is 23.7 Å². The summed E-state index contributed by atoms with van der Waals surface area (Å²) in [4.78, 5) is 28.3. The summed E-state index contributed by atoms with van der Waals surface area (Å²) in [6.07, 6.45) is 9.42. The first kappa shape index (κ1) is 27.0. The summed E-state index contributed by atoms with van der Waals surface area (Å²) < 4.78 is 6.07. The minimum atomic E-state index is -0.0476. The molecule has 5 heteroatoms. The molecular formula is C37H36N2O2S. The molecule has 4 aromatic rings. The molecule has 4 atom stereocenters. The lowest BCUT2D eigenvalue weighted by Crippen LogP contribution is -2.25. The van der Waals surface area contributed by atoms with Gasteiger partial charge in [-0.1, -0.05) is 73.7 Å². The fourth-order valence-electron chi connectivity index (χ4n) is 7.27. The van der Waals surface area contributed by atoms with E-state index < -0.39 is 0 Å². The summed E-state index contributed by atoms with van der Waals surface area (Å²) in [6, 6.07) is 21.7. The van der Waals surface area contributed by atoms with Crippen LogP contribution >= 0.6 is 11.5 Å². The van der Waals surface area contributed by atoms with Crippen molar-refractivity contribution in [3.05, 3.63) is 108 Å². The Bertz CT molecular complexity index is 1730. The van der Waals surface area contributed by atoms with E-state index in [-0.39, 0.29) is 11.6 Å². The van der Waals surface area contributed by atoms with Gasteiger partial charge in [-0.25, -0.2) is 0 Å². The number of fused-ring (bicyclic) bond motifs is 4. The van der Waals surface area contributed by atoms with Gasteiger partial charge in [0, 0.05) is 35.2 Å². The molecular weight excluding hydrogens is 536 g/mol. The average Bonchev–Trinajstić information content (AvgIpc) is 3.37. The van der Waals surface area contributed by atoms with Crippen LogP contribution in [0.2, 0.25) is 0 Å². The average molecular weight is 573 g/mol. The Labute approximate surface area is 251 Å². The number of anilines is 1. The largest absolute Gasteiger partial charge is 0.355 e. The van der Waals surface area contributed by atoms with E-state index in [1.165, 1.54) is 41.3 Å². The molecule has 0 radical (unpaired) electrons. The second-order valence-electron chi connectivity index (χ2n) is 12.3. The normalized spacial score (nSPS) is 22.3. The number of rotatable bonds is 8. The topological polar surface area (TPSA) is 50.3 Å². The maximum atomic E-state index is 13.0. The van der Waals surface area contributed by atoms with Crippen LogP contribution < -0.4 is 4.90 Å². The van der Waals surface area contributed by atoms with Crippen molar-refractivity contribution < 1.29 is 9.59 Å². The predicted octanol–water partition coefficient (Wildman–Crippen LogP) is 8.77. The second kappa shape index (κ2) is 11.1. The third-order valence-electron chi connectivity index (χ3n) is 9.86. The summed E-state index contributed by atoms with van der Waals surface area (Å²) in [6.45, 7) is 8.95. The Hall–Kier alpha value is -3.83. The molecule has 1 aliphatic heterocycles. The monoisotopic (exact) mass is 572 g/mol. The molecule has 1 aromatic heterocycles. The zero-order valence-electron chi connectivity index (χ0n) is 24.1. The molecule has 42 heavy (non-hydrogen) atoms. The Kier molecular flexibility index (Phi) is 7.15. The van der Waals surface area contributed by atoms with E-state index in [2.05, 4.69) is 42.7 Å². The summed E-state index contributed by atoms with van der Waals surface area (Å²) in [7, 11) is 0. The molecule has 2 heterocycles. The van der Waals surface area contributed by atoms with Crippen molar-refractivity contribution in [1.29, 1.82) is 0 Å². The van der Waals surface area contributed by atoms with Gasteiger partial charge in [-0.3, -0.25) is 9.59 Å². The molecule has 4 unspecified atom stereocenters. The van der Waals surface area contributed by atoms with Crippen molar-refractivity contribution in [3.63, 3.8) is 0 Å². The lowest BCUT2D eigenvalue weighted by Gasteiger charge is -2.23. The van der Waals surface area contributed by atoms with Crippen molar-refractivity contribution in [2.45, 2.75) is 39.0 Å². The lowest BCUT2D eigenvalue weighted by atomic mass is 9.84. The highest BCUT2D eigenvalue weighted by molar-refractivity contribution is 7.13. The van der Waals surface area contributed by atoms with Crippen LogP contribution in [0.5, 0.6) is 0 Å². The molecule has 7 rings (SSSR count). The van der Waals surface area contributed by atoms with Gasteiger partial charge in [0.25, 0.3) is 0 Å². The summed E-state index contributed by atoms with van der Waals surface area (Å²) in [5.74, 6) is 3.52. The Morgan fingerprint density at radius 1 is 1.00 bits per heavy atom. The first-order valence-electron chi connectivity index (χ1n) is 15.3. The van der Waals surface area contributed by atoms with Crippen LogP contribution in [0.15, 0.2) is 91.0 Å². The first-order chi connectivity index (χ1) is 20.5. The number of aromatic nitrogens is 1. The van der Waals surface area contributed by atoms with Crippen LogP contribution in [-0.4, -0.2) is 29.0 Å². The van der Waals surface area contributed by atoms with Gasteiger partial charge in [0.1, 0.15) is 5.82 Å². The minimum absolute atomic E-state index is 0.00322. The number of carbonyl (C=O) groups is 2. The standard InChI is InChI=1S/C37H36N2O2S/c1-23(25-9-8-19-39(20-18-25)37-31-12-5-6-15-35(31)42-38-37)21-32-24(2)27(32)13-7-14-34(40)26-16-17-29-28-10-3-4-11-30(28)36(41)33(29)22-26/h3-7,10-12,14-17,22-23,25,27,32H,2,8-9,13,18-21H2,1H3. The molecule has 1 saturated carbocycles. The van der Waals surface area contributed by atoms with Gasteiger partial charge in [-0.2, -0.15) is 4.37 Å². The van der Waals surface area contributed by atoms with Gasteiger partial charge in [0.05, 0.1) is 4.70 Å². The molecule has 2 aliphatic carbocycles. The van der Waals surface area contributed by atoms with Gasteiger partial charge >= 0.3 is 0 Å². The van der Waals surface area contributed by atoms with Crippen molar-refractivity contribution in [3.8, 4) is 11.1 Å². The molecule has 0 bridgehead atoms. The predicted molar refractivity (Wildman–Crippen MR) is 172 cm³/mol. The third kappa shape index (κ3) is 4.94. The summed E-state index contributed by atoms with van der Waals surface area (Å²) in [5, 5.41) is 1.29. The number of benzene rings is 3. The molecule has 212 valence electrons. The first-order valence-corrected chi connectivity index (χ1v) is 16.0. The Morgan fingerprint density at radius 3 is 2.67 bits per heavy atom. The molecule has 1 saturated heterocycles. The van der Waals surface area contributed by atoms with E-state index in [1.807, 2.05) is 42.5 Å². The molecule has 0 N–H and O–H groups in total. The number of allylic oxidation sites excluding steroid dienone is 3. The van der Waals surface area contributed by atoms with Crippen LogP contribution in [-0.2, 0) is 0 Å². The van der Waals surface area contributed by atoms with Crippen molar-refractivity contribution in [1.82, 2.24) is 4.37 Å². The van der Waals surface area contributed by atoms with E-state index in [0.29, 0.717) is 28.9 Å². The zero-order valence-corrected chi connectivity index (χ0v) is 24.9. The summed E-state index contributed by atoms with van der Waals surface area (Å²) in [5.41, 5.74) is 5.12. The summed E-state index contributed by atoms with van der Waals surface area (Å²) >= 11 is 1.61. The molecule has 0 amide bonds. The fraction of sp³-hybridized carbons (Fsp3) is 0.324. The van der Waals surface area contributed by atoms with Crippen LogP contribution in [0.1, 0.15) is 65.3 Å². The van der Waals surface area contributed by atoms with Crippen LogP contribution in [0.3, 0.4) is 0 Å². The van der Waals surface area contributed by atoms with E-state index in [9.17, 15) is 9.59 Å². The molecule has 3 aliphatic rings. The Balaban J connectivity index is 0.919.